The maximum Gasteiger partial charge on any atom is 0.191 e. The predicted molar refractivity (Wildman–Crippen MR) is 110 cm³/mol. The van der Waals surface area contributed by atoms with Crippen LogP contribution in [0.5, 0.6) is 0 Å². The summed E-state index contributed by atoms with van der Waals surface area (Å²) in [6, 6.07) is 0.532. The first-order chi connectivity index (χ1) is 12.7. The Balaban J connectivity index is 2.25. The van der Waals surface area contributed by atoms with Gasteiger partial charge in [0.05, 0.1) is 26.4 Å². The fourth-order valence-electron chi connectivity index (χ4n) is 3.16. The number of aliphatic imine (C=N–C) groups is 1. The third-order valence-corrected chi connectivity index (χ3v) is 4.71. The van der Waals surface area contributed by atoms with Gasteiger partial charge in [-0.3, -0.25) is 9.89 Å². The zero-order valence-corrected chi connectivity index (χ0v) is 17.6. The SMILES string of the molecule is CCCCOCCOCCNC(=NCC(C(C)C)N1CCCC1)NCC. The molecular weight excluding hydrogens is 328 g/mol. The number of nitrogens with one attached hydrogen (secondary N) is 2. The van der Waals surface area contributed by atoms with Gasteiger partial charge in [0.25, 0.3) is 0 Å². The van der Waals surface area contributed by atoms with Crippen LogP contribution in [0.1, 0.15) is 53.4 Å². The highest BCUT2D eigenvalue weighted by atomic mass is 16.5. The van der Waals surface area contributed by atoms with Crippen molar-refractivity contribution >= 4 is 5.96 Å². The van der Waals surface area contributed by atoms with Crippen LogP contribution in [0.25, 0.3) is 0 Å². The van der Waals surface area contributed by atoms with Crippen LogP contribution in [0.3, 0.4) is 0 Å². The molecule has 6 heteroatoms. The number of likely N-dealkylation sites (tertiary alicyclic amines) is 1. The van der Waals surface area contributed by atoms with Gasteiger partial charge in [0.15, 0.2) is 5.96 Å². The molecule has 0 spiro atoms. The Labute approximate surface area is 161 Å². The smallest absolute Gasteiger partial charge is 0.191 e. The van der Waals surface area contributed by atoms with Crippen molar-refractivity contribution in [3.8, 4) is 0 Å². The molecule has 1 aliphatic heterocycles. The molecule has 1 fully saturated rings. The minimum Gasteiger partial charge on any atom is -0.379 e. The first-order valence-electron chi connectivity index (χ1n) is 10.6. The third kappa shape index (κ3) is 10.3. The van der Waals surface area contributed by atoms with Crippen molar-refractivity contribution < 1.29 is 9.47 Å². The molecule has 1 unspecified atom stereocenters. The Morgan fingerprint density at radius 1 is 1.00 bits per heavy atom. The number of hydrogen-bond donors (Lipinski definition) is 2. The van der Waals surface area contributed by atoms with Crippen molar-refractivity contribution in [3.05, 3.63) is 0 Å². The summed E-state index contributed by atoms with van der Waals surface area (Å²) < 4.78 is 11.1. The van der Waals surface area contributed by atoms with Crippen molar-refractivity contribution in [2.75, 3.05) is 59.2 Å². The zero-order valence-electron chi connectivity index (χ0n) is 17.6. The van der Waals surface area contributed by atoms with E-state index in [0.717, 1.165) is 38.6 Å². The second kappa shape index (κ2) is 15.2. The van der Waals surface area contributed by atoms with Gasteiger partial charge in [0, 0.05) is 25.7 Å². The molecule has 1 aliphatic rings. The second-order valence-corrected chi connectivity index (χ2v) is 7.28. The molecule has 1 rings (SSSR count). The van der Waals surface area contributed by atoms with Gasteiger partial charge in [-0.25, -0.2) is 0 Å². The number of rotatable bonds is 14. The normalized spacial score (nSPS) is 17.0. The van der Waals surface area contributed by atoms with E-state index in [1.54, 1.807) is 0 Å². The van der Waals surface area contributed by atoms with Crippen LogP contribution in [-0.2, 0) is 9.47 Å². The zero-order chi connectivity index (χ0) is 19.0. The molecular formula is C20H42N4O2. The quantitative estimate of drug-likeness (QED) is 0.279. The van der Waals surface area contributed by atoms with Crippen molar-refractivity contribution in [1.29, 1.82) is 0 Å². The maximum absolute atomic E-state index is 5.61. The number of nitrogens with zero attached hydrogens (tertiary/aromatic N) is 2. The van der Waals surface area contributed by atoms with Gasteiger partial charge in [-0.15, -0.1) is 0 Å². The number of ether oxygens (including phenoxy) is 2. The van der Waals surface area contributed by atoms with Gasteiger partial charge in [-0.1, -0.05) is 27.2 Å². The minimum atomic E-state index is 0.532. The number of unbranched alkanes of at least 4 members (excludes halogenated alkanes) is 1. The van der Waals surface area contributed by atoms with Crippen LogP contribution < -0.4 is 10.6 Å². The van der Waals surface area contributed by atoms with Crippen molar-refractivity contribution in [1.82, 2.24) is 15.5 Å². The average molecular weight is 371 g/mol. The molecule has 0 bridgehead atoms. The summed E-state index contributed by atoms with van der Waals surface area (Å²) in [4.78, 5) is 7.42. The summed E-state index contributed by atoms with van der Waals surface area (Å²) in [6.45, 7) is 16.6. The van der Waals surface area contributed by atoms with Gasteiger partial charge in [-0.05, 0) is 45.2 Å². The van der Waals surface area contributed by atoms with Gasteiger partial charge >= 0.3 is 0 Å². The molecule has 0 saturated carbocycles. The third-order valence-electron chi connectivity index (χ3n) is 4.71. The van der Waals surface area contributed by atoms with E-state index in [0.29, 0.717) is 31.8 Å². The van der Waals surface area contributed by atoms with Gasteiger partial charge in [-0.2, -0.15) is 0 Å². The highest BCUT2D eigenvalue weighted by Crippen LogP contribution is 2.17. The Morgan fingerprint density at radius 3 is 2.31 bits per heavy atom. The number of hydrogen-bond acceptors (Lipinski definition) is 4. The molecule has 0 amide bonds. The second-order valence-electron chi connectivity index (χ2n) is 7.28. The molecule has 154 valence electrons. The Kier molecular flexibility index (Phi) is 13.6. The Hall–Kier alpha value is -0.850. The molecule has 6 nitrogen and oxygen atoms in total. The lowest BCUT2D eigenvalue weighted by atomic mass is 10.0. The van der Waals surface area contributed by atoms with E-state index < -0.39 is 0 Å². The fraction of sp³-hybridized carbons (Fsp3) is 0.950. The van der Waals surface area contributed by atoms with E-state index in [1.165, 1.54) is 32.4 Å². The van der Waals surface area contributed by atoms with Crippen LogP contribution in [-0.4, -0.2) is 76.1 Å². The molecule has 2 N–H and O–H groups in total. The van der Waals surface area contributed by atoms with E-state index in [1.807, 2.05) is 0 Å². The summed E-state index contributed by atoms with van der Waals surface area (Å²) >= 11 is 0. The summed E-state index contributed by atoms with van der Waals surface area (Å²) in [6.07, 6.45) is 4.95. The molecule has 0 aromatic heterocycles. The first kappa shape index (κ1) is 23.2. The maximum atomic E-state index is 5.61. The van der Waals surface area contributed by atoms with Crippen LogP contribution in [0.2, 0.25) is 0 Å². The van der Waals surface area contributed by atoms with Gasteiger partial charge in [0.1, 0.15) is 0 Å². The summed E-state index contributed by atoms with van der Waals surface area (Å²) in [5, 5.41) is 6.70. The largest absolute Gasteiger partial charge is 0.379 e. The fourth-order valence-corrected chi connectivity index (χ4v) is 3.16. The Bertz CT molecular complexity index is 358. The Morgan fingerprint density at radius 2 is 1.69 bits per heavy atom. The van der Waals surface area contributed by atoms with Gasteiger partial charge in [0.2, 0.25) is 0 Å². The van der Waals surface area contributed by atoms with Crippen LogP contribution >= 0.6 is 0 Å². The molecule has 0 radical (unpaired) electrons. The van der Waals surface area contributed by atoms with Gasteiger partial charge < -0.3 is 20.1 Å². The van der Waals surface area contributed by atoms with Crippen LogP contribution in [0.15, 0.2) is 4.99 Å². The molecule has 26 heavy (non-hydrogen) atoms. The van der Waals surface area contributed by atoms with Crippen LogP contribution in [0.4, 0.5) is 0 Å². The van der Waals surface area contributed by atoms with E-state index >= 15 is 0 Å². The standard InChI is InChI=1S/C20H42N4O2/c1-5-7-13-25-15-16-26-14-10-22-20(21-6-2)23-17-19(18(3)4)24-11-8-9-12-24/h18-19H,5-17H2,1-4H3,(H2,21,22,23). The van der Waals surface area contributed by atoms with Crippen molar-refractivity contribution in [2.24, 2.45) is 10.9 Å². The molecule has 0 aromatic rings. The lowest BCUT2D eigenvalue weighted by Crippen LogP contribution is -2.42. The number of guanidine groups is 1. The molecule has 1 atom stereocenters. The summed E-state index contributed by atoms with van der Waals surface area (Å²) in [7, 11) is 0. The molecule has 1 heterocycles. The molecule has 0 aromatic carbocycles. The highest BCUT2D eigenvalue weighted by molar-refractivity contribution is 5.79. The van der Waals surface area contributed by atoms with E-state index in [9.17, 15) is 0 Å². The lowest BCUT2D eigenvalue weighted by Gasteiger charge is -2.29. The van der Waals surface area contributed by atoms with E-state index in [2.05, 4.69) is 43.2 Å². The van der Waals surface area contributed by atoms with E-state index in [-0.39, 0.29) is 0 Å². The van der Waals surface area contributed by atoms with Crippen molar-refractivity contribution in [2.45, 2.75) is 59.4 Å². The molecule has 0 aliphatic carbocycles. The monoisotopic (exact) mass is 370 g/mol. The molecule has 1 saturated heterocycles. The first-order valence-corrected chi connectivity index (χ1v) is 10.6. The highest BCUT2D eigenvalue weighted by Gasteiger charge is 2.24. The minimum absolute atomic E-state index is 0.532. The van der Waals surface area contributed by atoms with Crippen LogP contribution in [0, 0.1) is 5.92 Å². The van der Waals surface area contributed by atoms with E-state index in [4.69, 9.17) is 14.5 Å². The lowest BCUT2D eigenvalue weighted by molar-refractivity contribution is 0.0487. The van der Waals surface area contributed by atoms with Crippen molar-refractivity contribution in [3.63, 3.8) is 0 Å². The average Bonchev–Trinajstić information content (AvgIpc) is 3.14. The summed E-state index contributed by atoms with van der Waals surface area (Å²) in [5.41, 5.74) is 0. The summed E-state index contributed by atoms with van der Waals surface area (Å²) in [5.74, 6) is 1.51. The topological polar surface area (TPSA) is 58.1 Å². The predicted octanol–water partition coefficient (Wildman–Crippen LogP) is 2.50.